The number of rotatable bonds is 6. The van der Waals surface area contributed by atoms with E-state index in [0.717, 1.165) is 40.4 Å². The molecular formula is C16H22BrN3S. The maximum Gasteiger partial charge on any atom is 0.189 e. The summed E-state index contributed by atoms with van der Waals surface area (Å²) >= 11 is 8.92. The van der Waals surface area contributed by atoms with Crippen LogP contribution in [-0.2, 0) is 0 Å². The summed E-state index contributed by atoms with van der Waals surface area (Å²) in [6, 6.07) is 8.26. The van der Waals surface area contributed by atoms with Crippen molar-refractivity contribution in [3.8, 4) is 0 Å². The van der Waals surface area contributed by atoms with Gasteiger partial charge >= 0.3 is 0 Å². The molecule has 0 aromatic heterocycles. The molecule has 0 saturated heterocycles. The summed E-state index contributed by atoms with van der Waals surface area (Å²) in [5, 5.41) is 10.6. The van der Waals surface area contributed by atoms with Crippen molar-refractivity contribution in [2.75, 3.05) is 13.1 Å². The molecule has 0 spiro atoms. The molecule has 0 saturated carbocycles. The van der Waals surface area contributed by atoms with Crippen LogP contribution in [0.2, 0.25) is 0 Å². The van der Waals surface area contributed by atoms with Gasteiger partial charge in [0.15, 0.2) is 5.11 Å². The van der Waals surface area contributed by atoms with E-state index >= 15 is 0 Å². The zero-order valence-electron chi connectivity index (χ0n) is 12.4. The molecule has 1 aliphatic heterocycles. The lowest BCUT2D eigenvalue weighted by atomic mass is 10.1. The standard InChI is InChI=1S/C16H22BrN3S/c1-2-3-4-5-10-18-16(21)20-11-9-15(19-20)13-7-6-8-14(17)12-13/h6-8,12H,2-5,9-11H2,1H3,(H,18,21). The van der Waals surface area contributed by atoms with Gasteiger partial charge in [-0.3, -0.25) is 0 Å². The lowest BCUT2D eigenvalue weighted by molar-refractivity contribution is 0.477. The summed E-state index contributed by atoms with van der Waals surface area (Å²) in [4.78, 5) is 0. The molecule has 1 aromatic rings. The lowest BCUT2D eigenvalue weighted by Crippen LogP contribution is -2.35. The molecule has 0 unspecified atom stereocenters. The van der Waals surface area contributed by atoms with Gasteiger partial charge in [-0.1, -0.05) is 54.2 Å². The molecule has 114 valence electrons. The normalized spacial score (nSPS) is 14.2. The molecule has 5 heteroatoms. The molecule has 21 heavy (non-hydrogen) atoms. The highest BCUT2D eigenvalue weighted by Crippen LogP contribution is 2.17. The molecule has 0 amide bonds. The first-order chi connectivity index (χ1) is 10.2. The molecule has 0 aliphatic carbocycles. The Hall–Kier alpha value is -0.940. The van der Waals surface area contributed by atoms with Gasteiger partial charge in [0.1, 0.15) is 0 Å². The van der Waals surface area contributed by atoms with Crippen molar-refractivity contribution >= 4 is 39.0 Å². The van der Waals surface area contributed by atoms with Crippen LogP contribution in [0.4, 0.5) is 0 Å². The van der Waals surface area contributed by atoms with Crippen molar-refractivity contribution in [2.24, 2.45) is 5.10 Å². The first-order valence-corrected chi connectivity index (χ1v) is 8.79. The van der Waals surface area contributed by atoms with Gasteiger partial charge in [0.05, 0.1) is 5.71 Å². The number of thiocarbonyl (C=S) groups is 1. The minimum absolute atomic E-state index is 0.747. The van der Waals surface area contributed by atoms with Crippen LogP contribution in [0.5, 0.6) is 0 Å². The predicted molar refractivity (Wildman–Crippen MR) is 96.7 cm³/mol. The van der Waals surface area contributed by atoms with E-state index in [0.29, 0.717) is 0 Å². The van der Waals surface area contributed by atoms with Crippen LogP contribution >= 0.6 is 28.1 Å². The highest BCUT2D eigenvalue weighted by molar-refractivity contribution is 9.10. The van der Waals surface area contributed by atoms with E-state index < -0.39 is 0 Å². The van der Waals surface area contributed by atoms with Gasteiger partial charge in [0.25, 0.3) is 0 Å². The summed E-state index contributed by atoms with van der Waals surface area (Å²) in [6.07, 6.45) is 5.93. The fourth-order valence-corrected chi connectivity index (χ4v) is 2.95. The zero-order valence-corrected chi connectivity index (χ0v) is 14.8. The van der Waals surface area contributed by atoms with Crippen LogP contribution in [0.3, 0.4) is 0 Å². The number of hydrogen-bond acceptors (Lipinski definition) is 2. The predicted octanol–water partition coefficient (Wildman–Crippen LogP) is 4.31. The second-order valence-corrected chi connectivity index (χ2v) is 6.53. The van der Waals surface area contributed by atoms with Crippen LogP contribution in [-0.4, -0.2) is 28.9 Å². The second kappa shape index (κ2) is 8.49. The molecule has 1 heterocycles. The number of hydrogen-bond donors (Lipinski definition) is 1. The fraction of sp³-hybridized carbons (Fsp3) is 0.500. The largest absolute Gasteiger partial charge is 0.361 e. The highest BCUT2D eigenvalue weighted by atomic mass is 79.9. The van der Waals surface area contributed by atoms with Crippen molar-refractivity contribution in [3.05, 3.63) is 34.3 Å². The summed E-state index contributed by atoms with van der Waals surface area (Å²) in [5.41, 5.74) is 2.27. The average molecular weight is 368 g/mol. The molecule has 1 N–H and O–H groups in total. The first kappa shape index (κ1) is 16.4. The van der Waals surface area contributed by atoms with Crippen molar-refractivity contribution in [3.63, 3.8) is 0 Å². The van der Waals surface area contributed by atoms with Crippen LogP contribution in [0.25, 0.3) is 0 Å². The Morgan fingerprint density at radius 3 is 3.00 bits per heavy atom. The van der Waals surface area contributed by atoms with E-state index in [1.807, 2.05) is 17.1 Å². The van der Waals surface area contributed by atoms with Gasteiger partial charge < -0.3 is 5.32 Å². The smallest absolute Gasteiger partial charge is 0.189 e. The zero-order chi connectivity index (χ0) is 15.1. The molecule has 0 radical (unpaired) electrons. The number of nitrogens with zero attached hydrogens (tertiary/aromatic N) is 2. The van der Waals surface area contributed by atoms with Gasteiger partial charge in [-0.05, 0) is 36.3 Å². The van der Waals surface area contributed by atoms with E-state index in [1.54, 1.807) is 0 Å². The second-order valence-electron chi connectivity index (χ2n) is 5.22. The summed E-state index contributed by atoms with van der Waals surface area (Å²) in [6.45, 7) is 4.03. The van der Waals surface area contributed by atoms with E-state index in [9.17, 15) is 0 Å². The van der Waals surface area contributed by atoms with Gasteiger partial charge in [0, 0.05) is 24.0 Å². The Kier molecular flexibility index (Phi) is 6.64. The molecule has 0 bridgehead atoms. The van der Waals surface area contributed by atoms with E-state index in [-0.39, 0.29) is 0 Å². The lowest BCUT2D eigenvalue weighted by Gasteiger charge is -2.16. The Bertz CT molecular complexity index is 516. The topological polar surface area (TPSA) is 27.6 Å². The minimum Gasteiger partial charge on any atom is -0.361 e. The number of hydrazone groups is 1. The Morgan fingerprint density at radius 2 is 2.24 bits per heavy atom. The van der Waals surface area contributed by atoms with E-state index in [4.69, 9.17) is 12.2 Å². The number of halogens is 1. The third kappa shape index (κ3) is 5.08. The Morgan fingerprint density at radius 1 is 1.38 bits per heavy atom. The first-order valence-electron chi connectivity index (χ1n) is 7.59. The summed E-state index contributed by atoms with van der Waals surface area (Å²) in [5.74, 6) is 0. The van der Waals surface area contributed by atoms with Crippen LogP contribution < -0.4 is 5.32 Å². The Balaban J connectivity index is 1.84. The fourth-order valence-electron chi connectivity index (χ4n) is 2.31. The van der Waals surface area contributed by atoms with Crippen molar-refractivity contribution in [2.45, 2.75) is 39.0 Å². The number of nitrogens with one attached hydrogen (secondary N) is 1. The van der Waals surface area contributed by atoms with Gasteiger partial charge in [-0.25, -0.2) is 5.01 Å². The monoisotopic (exact) mass is 367 g/mol. The number of benzene rings is 1. The number of unbranched alkanes of at least 4 members (excludes halogenated alkanes) is 3. The summed E-state index contributed by atoms with van der Waals surface area (Å²) < 4.78 is 1.08. The van der Waals surface area contributed by atoms with Crippen molar-refractivity contribution in [1.29, 1.82) is 0 Å². The molecule has 1 aliphatic rings. The average Bonchev–Trinajstić information content (AvgIpc) is 2.97. The molecule has 0 fully saturated rings. The Labute approximate surface area is 140 Å². The van der Waals surface area contributed by atoms with Gasteiger partial charge in [-0.15, -0.1) is 0 Å². The van der Waals surface area contributed by atoms with E-state index in [2.05, 4.69) is 45.4 Å². The quantitative estimate of drug-likeness (QED) is 0.599. The van der Waals surface area contributed by atoms with Crippen molar-refractivity contribution < 1.29 is 0 Å². The van der Waals surface area contributed by atoms with Crippen LogP contribution in [0, 0.1) is 0 Å². The summed E-state index contributed by atoms with van der Waals surface area (Å²) in [7, 11) is 0. The SMILES string of the molecule is CCCCCCNC(=S)N1CCC(c2cccc(Br)c2)=N1. The highest BCUT2D eigenvalue weighted by Gasteiger charge is 2.18. The maximum atomic E-state index is 5.42. The van der Waals surface area contributed by atoms with Crippen molar-refractivity contribution in [1.82, 2.24) is 10.3 Å². The molecule has 2 rings (SSSR count). The molecule has 0 atom stereocenters. The molecule has 1 aromatic carbocycles. The molecule has 3 nitrogen and oxygen atoms in total. The maximum absolute atomic E-state index is 5.42. The van der Waals surface area contributed by atoms with Gasteiger partial charge in [-0.2, -0.15) is 5.10 Å². The van der Waals surface area contributed by atoms with Crippen LogP contribution in [0.1, 0.15) is 44.6 Å². The third-order valence-electron chi connectivity index (χ3n) is 3.50. The van der Waals surface area contributed by atoms with E-state index in [1.165, 1.54) is 25.7 Å². The third-order valence-corrected chi connectivity index (χ3v) is 4.35. The van der Waals surface area contributed by atoms with Crippen LogP contribution in [0.15, 0.2) is 33.8 Å². The molecular weight excluding hydrogens is 346 g/mol. The van der Waals surface area contributed by atoms with Gasteiger partial charge in [0.2, 0.25) is 0 Å². The minimum atomic E-state index is 0.747.